The van der Waals surface area contributed by atoms with Crippen LogP contribution < -0.4 is 158 Å². The van der Waals surface area contributed by atoms with Crippen molar-refractivity contribution < 1.29 is 92.0 Å². The molecule has 0 spiro atoms. The second-order valence-corrected chi connectivity index (χ2v) is 30.6. The number of likely N-dealkylation sites (N-methyl/N-ethyl adjacent to an activating group) is 1. The molecule has 0 fully saturated rings. The van der Waals surface area contributed by atoms with E-state index in [1.54, 1.807) is 13.8 Å². The van der Waals surface area contributed by atoms with Gasteiger partial charge in [-0.05, 0) is 134 Å². The molecule has 0 aliphatic rings. The molecule has 0 rings (SSSR count). The molecule has 14 amide bonds. The molecular formula is C73H138N36O19. The van der Waals surface area contributed by atoms with Gasteiger partial charge < -0.3 is 173 Å². The van der Waals surface area contributed by atoms with Gasteiger partial charge in [0.2, 0.25) is 82.7 Å². The molecule has 13 atom stereocenters. The predicted octanol–water partition coefficient (Wildman–Crippen LogP) is -12.2. The van der Waals surface area contributed by atoms with Crippen LogP contribution in [0.25, 0.3) is 0 Å². The van der Waals surface area contributed by atoms with Crippen molar-refractivity contribution in [1.29, 1.82) is 37.9 Å². The van der Waals surface area contributed by atoms with Crippen LogP contribution in [-0.4, -0.2) is 290 Å². The number of hydrogen-bond donors (Lipinski definition) is 39. The van der Waals surface area contributed by atoms with Gasteiger partial charge in [-0.25, -0.2) is 0 Å². The van der Waals surface area contributed by atoms with Gasteiger partial charge >= 0.3 is 11.9 Å². The van der Waals surface area contributed by atoms with Gasteiger partial charge in [-0.1, -0.05) is 27.7 Å². The number of nitrogens with one attached hydrogen (secondary N) is 27. The largest absolute Gasteiger partial charge is 0.481 e. The first-order valence-electron chi connectivity index (χ1n) is 41.6. The highest BCUT2D eigenvalue weighted by Crippen LogP contribution is 2.15. The highest BCUT2D eigenvalue weighted by molar-refractivity contribution is 6.00. The minimum atomic E-state index is -2.05. The monoisotopic (exact) mass is 1820 g/mol. The molecule has 13 unspecified atom stereocenters. The van der Waals surface area contributed by atoms with Crippen LogP contribution in [0, 0.1) is 49.7 Å². The number of carboxylic acids is 2. The van der Waals surface area contributed by atoms with Crippen molar-refractivity contribution in [1.82, 2.24) is 106 Å². The minimum Gasteiger partial charge on any atom is -0.481 e. The number of aliphatic hydroxyl groups is 1. The summed E-state index contributed by atoms with van der Waals surface area (Å²) in [6.07, 6.45) is -5.58. The number of rotatable bonds is 67. The van der Waals surface area contributed by atoms with E-state index in [1.165, 1.54) is 7.05 Å². The zero-order valence-electron chi connectivity index (χ0n) is 72.9. The van der Waals surface area contributed by atoms with Gasteiger partial charge in [0.25, 0.3) is 0 Å². The maximum absolute atomic E-state index is 14.8. The Morgan fingerprint density at radius 1 is 0.258 bits per heavy atom. The quantitative estimate of drug-likeness (QED) is 0.0153. The van der Waals surface area contributed by atoms with E-state index in [-0.39, 0.29) is 160 Å². The van der Waals surface area contributed by atoms with Gasteiger partial charge in [0.05, 0.1) is 12.6 Å². The standard InChI is InChI=1S/C73H138N36O19/c1-36(2)33-38(74)54(116)98-40(14-7-27-92-68(78)79)56(118)100-41(15-8-28-93-69(80)81)59(121)107-48(22-25-53(114)115)63(125)102-43(17-10-30-95-71(84)85)58(120)105-46(20-23-51(75)111)64(126)109-50(35-110)66(128)104-45(19-12-32-97-73(88)89)61(123)108-49(34-37(3)4)65(127)103-44(18-11-31-96-72(86)87)57(119)101-42(16-9-29-94-70(82)83)60(122)106-47(21-24-52(112)113)62(124)99-39(55(117)90-5)13-6-26-91-67(76)77/h36-50,110H,6-35,74H2,1-5H3,(H2,75,111)(H,90,117)(H,98,116)(H,99,124)(H,100,118)(H,101,119)(H,102,125)(H,103,127)(H,104,128)(H,105,120)(H,106,122)(H,107,121)(H,108,123)(H,109,126)(H,112,113)(H,114,115)(H4,76,77,91)(H4,78,79,92)(H4,80,81,93)(H4,82,83,94)(H4,84,85,95)(H4,86,87,96)(H4,88,89,97). The molecule has 0 aromatic rings. The molecule has 724 valence electrons. The molecule has 55 heteroatoms. The SMILES string of the molecule is CNC(=O)C(CCCNC(=N)N)NC(=O)C(CCC(=O)O)NC(=O)C(CCCNC(=N)N)NC(=O)C(CCCNC(=N)N)NC(=O)C(CC(C)C)NC(=O)C(CCCNC(=N)N)NC(=O)C(CO)NC(=O)C(CCC(N)=O)NC(=O)C(CCCNC(=N)N)NC(=O)C(CCC(=O)O)NC(=O)C(CCCNC(=N)N)NC(=O)C(CCCNC(=N)N)NC(=O)C(N)CC(C)C. The molecule has 128 heavy (non-hydrogen) atoms. The Hall–Kier alpha value is -13.7. The van der Waals surface area contributed by atoms with Gasteiger partial charge in [0.15, 0.2) is 41.7 Å². The van der Waals surface area contributed by atoms with Gasteiger partial charge in [0, 0.05) is 72.1 Å². The first kappa shape index (κ1) is 114. The molecular weight excluding hydrogens is 1690 g/mol. The Kier molecular flexibility index (Phi) is 56.5. The average molecular weight is 1820 g/mol. The van der Waals surface area contributed by atoms with Crippen LogP contribution in [0.15, 0.2) is 0 Å². The fraction of sp³-hybridized carbons (Fsp3) is 0.685. The van der Waals surface area contributed by atoms with Gasteiger partial charge in [-0.2, -0.15) is 0 Å². The average Bonchev–Trinajstić information content (AvgIpc) is 0.853. The van der Waals surface area contributed by atoms with Crippen molar-refractivity contribution in [2.45, 2.75) is 247 Å². The molecule has 0 radical (unpaired) electrons. The van der Waals surface area contributed by atoms with E-state index >= 15 is 0 Å². The van der Waals surface area contributed by atoms with Gasteiger partial charge in [-0.3, -0.25) is 115 Å². The van der Waals surface area contributed by atoms with E-state index in [9.17, 15) is 92.0 Å². The molecule has 0 heterocycles. The number of primary amides is 1. The highest BCUT2D eigenvalue weighted by atomic mass is 16.4. The van der Waals surface area contributed by atoms with Crippen molar-refractivity contribution in [3.63, 3.8) is 0 Å². The predicted molar refractivity (Wildman–Crippen MR) is 467 cm³/mol. The Labute approximate surface area is 740 Å². The van der Waals surface area contributed by atoms with Crippen LogP contribution in [-0.2, 0) is 76.7 Å². The van der Waals surface area contributed by atoms with Crippen molar-refractivity contribution in [2.24, 2.45) is 63.4 Å². The normalized spacial score (nSPS) is 13.9. The number of aliphatic hydroxyl groups excluding tert-OH is 1. The molecule has 0 aromatic heterocycles. The van der Waals surface area contributed by atoms with Gasteiger partial charge in [0.1, 0.15) is 72.5 Å². The van der Waals surface area contributed by atoms with Crippen LogP contribution in [0.4, 0.5) is 0 Å². The lowest BCUT2D eigenvalue weighted by molar-refractivity contribution is -0.139. The first-order valence-corrected chi connectivity index (χ1v) is 41.6. The third-order valence-electron chi connectivity index (χ3n) is 18.7. The first-order chi connectivity index (χ1) is 60.1. The van der Waals surface area contributed by atoms with E-state index in [0.29, 0.717) is 0 Å². The molecule has 0 aromatic carbocycles. The topological polar surface area (TPSA) is 976 Å². The molecule has 0 saturated carbocycles. The summed E-state index contributed by atoms with van der Waals surface area (Å²) in [4.78, 5) is 222. The fourth-order valence-electron chi connectivity index (χ4n) is 12.2. The Morgan fingerprint density at radius 2 is 0.438 bits per heavy atom. The van der Waals surface area contributed by atoms with Crippen molar-refractivity contribution in [2.75, 3.05) is 59.5 Å². The summed E-state index contributed by atoms with van der Waals surface area (Å²) in [5, 5.41) is 133. The lowest BCUT2D eigenvalue weighted by Gasteiger charge is -2.29. The summed E-state index contributed by atoms with van der Waals surface area (Å²) < 4.78 is 0. The Morgan fingerprint density at radius 3 is 0.633 bits per heavy atom. The highest BCUT2D eigenvalue weighted by Gasteiger charge is 2.38. The van der Waals surface area contributed by atoms with Crippen molar-refractivity contribution >= 4 is 136 Å². The maximum atomic E-state index is 14.8. The summed E-state index contributed by atoms with van der Waals surface area (Å²) >= 11 is 0. The van der Waals surface area contributed by atoms with Crippen molar-refractivity contribution in [3.05, 3.63) is 0 Å². The summed E-state index contributed by atoms with van der Waals surface area (Å²) in [5.74, 6) is -21.3. The molecule has 0 bridgehead atoms. The third kappa shape index (κ3) is 52.8. The van der Waals surface area contributed by atoms with Crippen LogP contribution in [0.5, 0.6) is 0 Å². The molecule has 48 N–H and O–H groups in total. The van der Waals surface area contributed by atoms with E-state index in [2.05, 4.69) is 106 Å². The zero-order chi connectivity index (χ0) is 97.3. The fourth-order valence-corrected chi connectivity index (χ4v) is 12.2. The summed E-state index contributed by atoms with van der Waals surface area (Å²) in [7, 11) is 1.29. The van der Waals surface area contributed by atoms with Crippen molar-refractivity contribution in [3.8, 4) is 0 Å². The van der Waals surface area contributed by atoms with Gasteiger partial charge in [-0.15, -0.1) is 0 Å². The van der Waals surface area contributed by atoms with E-state index < -0.39 is 260 Å². The lowest BCUT2D eigenvalue weighted by Crippen LogP contribution is -2.61. The number of nitrogens with two attached hydrogens (primary N) is 9. The second-order valence-electron chi connectivity index (χ2n) is 30.6. The molecule has 55 nitrogen and oxygen atoms in total. The smallest absolute Gasteiger partial charge is 0.303 e. The van der Waals surface area contributed by atoms with Crippen LogP contribution in [0.2, 0.25) is 0 Å². The maximum Gasteiger partial charge on any atom is 0.303 e. The minimum absolute atomic E-state index is 0.00424. The number of carboxylic acid groups (broad SMARTS) is 2. The van der Waals surface area contributed by atoms with E-state index in [1.807, 2.05) is 13.8 Å². The zero-order valence-corrected chi connectivity index (χ0v) is 72.9. The van der Waals surface area contributed by atoms with E-state index in [0.717, 1.165) is 0 Å². The molecule has 0 aliphatic heterocycles. The number of amides is 14. The summed E-state index contributed by atoms with van der Waals surface area (Å²) in [6, 6.07) is -21.1. The van der Waals surface area contributed by atoms with E-state index in [4.69, 9.17) is 89.5 Å². The third-order valence-corrected chi connectivity index (χ3v) is 18.7. The number of hydrogen-bond acceptors (Lipinski definition) is 25. The molecule has 0 aliphatic carbocycles. The Bertz CT molecular complexity index is 3750. The Balaban J connectivity index is 7.77. The second kappa shape index (κ2) is 63.3. The number of carbonyl (C=O) groups is 16. The molecule has 0 saturated heterocycles. The van der Waals surface area contributed by atoms with Crippen LogP contribution in [0.1, 0.15) is 169 Å². The lowest BCUT2D eigenvalue weighted by atomic mass is 10.0. The van der Waals surface area contributed by atoms with Crippen LogP contribution in [0.3, 0.4) is 0 Å². The number of carbonyl (C=O) groups excluding carboxylic acids is 14. The number of guanidine groups is 7. The summed E-state index contributed by atoms with van der Waals surface area (Å²) in [6.45, 7) is 5.45. The van der Waals surface area contributed by atoms with Crippen LogP contribution >= 0.6 is 0 Å². The summed E-state index contributed by atoms with van der Waals surface area (Å²) in [5.41, 5.74) is 50.0. The number of aliphatic carboxylic acids is 2.